The van der Waals surface area contributed by atoms with Crippen LogP contribution in [0.2, 0.25) is 0 Å². The number of carbonyl (C=O) groups excluding carboxylic acids is 2. The number of amides is 2. The molecule has 1 fully saturated rings. The van der Waals surface area contributed by atoms with Gasteiger partial charge in [0.15, 0.2) is 5.69 Å². The van der Waals surface area contributed by atoms with Crippen LogP contribution in [-0.2, 0) is 0 Å². The number of H-pyrrole nitrogens is 1. The lowest BCUT2D eigenvalue weighted by atomic mass is 10.1. The van der Waals surface area contributed by atoms with Crippen molar-refractivity contribution >= 4 is 23.2 Å². The molecule has 6 nitrogen and oxygen atoms in total. The van der Waals surface area contributed by atoms with E-state index in [9.17, 15) is 9.59 Å². The summed E-state index contributed by atoms with van der Waals surface area (Å²) < 4.78 is 0. The van der Waals surface area contributed by atoms with Gasteiger partial charge in [0.25, 0.3) is 11.8 Å². The van der Waals surface area contributed by atoms with E-state index in [1.165, 1.54) is 0 Å². The van der Waals surface area contributed by atoms with E-state index in [1.54, 1.807) is 18.2 Å². The summed E-state index contributed by atoms with van der Waals surface area (Å²) in [5, 5.41) is 12.8. The minimum absolute atomic E-state index is 0.196. The third kappa shape index (κ3) is 3.89. The number of aryl methyl sites for hydroxylation is 1. The molecule has 0 aliphatic heterocycles. The molecule has 1 heterocycles. The molecule has 0 radical (unpaired) electrons. The number of nitrogens with one attached hydrogen (secondary N) is 3. The van der Waals surface area contributed by atoms with Gasteiger partial charge in [0.2, 0.25) is 0 Å². The molecule has 2 aromatic carbocycles. The topological polar surface area (TPSA) is 86.9 Å². The van der Waals surface area contributed by atoms with Crippen LogP contribution < -0.4 is 10.6 Å². The Bertz CT molecular complexity index is 990. The minimum Gasteiger partial charge on any atom is -0.322 e. The van der Waals surface area contributed by atoms with Crippen LogP contribution in [0.4, 0.5) is 11.4 Å². The molecule has 4 rings (SSSR count). The van der Waals surface area contributed by atoms with E-state index in [-0.39, 0.29) is 11.8 Å². The van der Waals surface area contributed by atoms with Gasteiger partial charge in [-0.2, -0.15) is 5.10 Å². The summed E-state index contributed by atoms with van der Waals surface area (Å²) in [7, 11) is 0. The highest BCUT2D eigenvalue weighted by Crippen LogP contribution is 2.39. The Balaban J connectivity index is 1.48. The number of aromatic nitrogens is 2. The normalized spacial score (nSPS) is 13.2. The molecular formula is C21H20N4O2. The van der Waals surface area contributed by atoms with Crippen molar-refractivity contribution in [2.45, 2.75) is 25.7 Å². The molecule has 0 saturated heterocycles. The molecule has 2 amide bonds. The number of nitrogens with zero attached hydrogens (tertiary/aromatic N) is 1. The third-order valence-electron chi connectivity index (χ3n) is 4.63. The van der Waals surface area contributed by atoms with Crippen molar-refractivity contribution in [2.24, 2.45) is 0 Å². The minimum atomic E-state index is -0.271. The lowest BCUT2D eigenvalue weighted by molar-refractivity contribution is 0.101. The lowest BCUT2D eigenvalue weighted by Gasteiger charge is -2.11. The van der Waals surface area contributed by atoms with Crippen LogP contribution in [0.15, 0.2) is 54.6 Å². The SMILES string of the molecule is Cc1ccc(NC(=O)c2ccccc2)cc1NC(=O)c1cc(C2CC2)[nH]n1. The number of carbonyl (C=O) groups is 2. The Hall–Kier alpha value is -3.41. The van der Waals surface area contributed by atoms with Gasteiger partial charge in [-0.1, -0.05) is 24.3 Å². The van der Waals surface area contributed by atoms with Gasteiger partial charge in [-0.3, -0.25) is 14.7 Å². The van der Waals surface area contributed by atoms with Crippen molar-refractivity contribution in [1.82, 2.24) is 10.2 Å². The quantitative estimate of drug-likeness (QED) is 0.640. The zero-order chi connectivity index (χ0) is 18.8. The summed E-state index contributed by atoms with van der Waals surface area (Å²) in [6, 6.07) is 16.2. The second-order valence-corrected chi connectivity index (χ2v) is 6.79. The molecule has 6 heteroatoms. The van der Waals surface area contributed by atoms with Crippen LogP contribution in [0.3, 0.4) is 0 Å². The maximum Gasteiger partial charge on any atom is 0.276 e. The summed E-state index contributed by atoms with van der Waals surface area (Å²) in [4.78, 5) is 24.8. The summed E-state index contributed by atoms with van der Waals surface area (Å²) in [6.07, 6.45) is 2.29. The van der Waals surface area contributed by atoms with E-state index in [0.717, 1.165) is 24.1 Å². The van der Waals surface area contributed by atoms with Gasteiger partial charge >= 0.3 is 0 Å². The molecule has 0 unspecified atom stereocenters. The Labute approximate surface area is 157 Å². The van der Waals surface area contributed by atoms with Crippen LogP contribution in [0.25, 0.3) is 0 Å². The fourth-order valence-electron chi connectivity index (χ4n) is 2.87. The third-order valence-corrected chi connectivity index (χ3v) is 4.63. The Morgan fingerprint density at radius 3 is 2.52 bits per heavy atom. The summed E-state index contributed by atoms with van der Waals surface area (Å²) in [5.74, 6) is 0.0446. The number of aromatic amines is 1. The lowest BCUT2D eigenvalue weighted by Crippen LogP contribution is -2.15. The number of hydrogen-bond acceptors (Lipinski definition) is 3. The van der Waals surface area contributed by atoms with Crippen molar-refractivity contribution < 1.29 is 9.59 Å². The second kappa shape index (κ2) is 7.07. The second-order valence-electron chi connectivity index (χ2n) is 6.79. The molecular weight excluding hydrogens is 340 g/mol. The van der Waals surface area contributed by atoms with E-state index >= 15 is 0 Å². The van der Waals surface area contributed by atoms with Gasteiger partial charge < -0.3 is 10.6 Å². The summed E-state index contributed by atoms with van der Waals surface area (Å²) >= 11 is 0. The van der Waals surface area contributed by atoms with E-state index in [0.29, 0.717) is 28.6 Å². The van der Waals surface area contributed by atoms with E-state index in [1.807, 2.05) is 43.3 Å². The van der Waals surface area contributed by atoms with E-state index in [2.05, 4.69) is 20.8 Å². The van der Waals surface area contributed by atoms with Crippen molar-refractivity contribution in [3.05, 3.63) is 77.1 Å². The first-order valence-electron chi connectivity index (χ1n) is 8.94. The van der Waals surface area contributed by atoms with Gasteiger partial charge in [-0.05, 0) is 55.7 Å². The van der Waals surface area contributed by atoms with Crippen LogP contribution in [0, 0.1) is 6.92 Å². The van der Waals surface area contributed by atoms with Crippen LogP contribution in [0.5, 0.6) is 0 Å². The van der Waals surface area contributed by atoms with Crippen molar-refractivity contribution in [1.29, 1.82) is 0 Å². The molecule has 0 atom stereocenters. The fourth-order valence-corrected chi connectivity index (χ4v) is 2.87. The van der Waals surface area contributed by atoms with Gasteiger partial charge in [0, 0.05) is 28.6 Å². The first-order chi connectivity index (χ1) is 13.1. The molecule has 1 aliphatic rings. The first kappa shape index (κ1) is 17.0. The maximum atomic E-state index is 12.5. The molecule has 136 valence electrons. The number of hydrogen-bond donors (Lipinski definition) is 3. The van der Waals surface area contributed by atoms with Gasteiger partial charge in [-0.25, -0.2) is 0 Å². The number of benzene rings is 2. The number of anilines is 2. The maximum absolute atomic E-state index is 12.5. The molecule has 0 bridgehead atoms. The fraction of sp³-hybridized carbons (Fsp3) is 0.190. The highest BCUT2D eigenvalue weighted by atomic mass is 16.2. The molecule has 27 heavy (non-hydrogen) atoms. The number of rotatable bonds is 5. The van der Waals surface area contributed by atoms with Gasteiger partial charge in [0.1, 0.15) is 0 Å². The summed E-state index contributed by atoms with van der Waals surface area (Å²) in [5.41, 5.74) is 4.12. The van der Waals surface area contributed by atoms with Crippen molar-refractivity contribution in [3.63, 3.8) is 0 Å². The molecule has 1 aliphatic carbocycles. The summed E-state index contributed by atoms with van der Waals surface area (Å²) in [6.45, 7) is 1.90. The van der Waals surface area contributed by atoms with Gasteiger partial charge in [-0.15, -0.1) is 0 Å². The van der Waals surface area contributed by atoms with Crippen molar-refractivity contribution in [2.75, 3.05) is 10.6 Å². The average molecular weight is 360 g/mol. The Morgan fingerprint density at radius 2 is 1.78 bits per heavy atom. The first-order valence-corrected chi connectivity index (χ1v) is 8.94. The Kier molecular flexibility index (Phi) is 4.46. The monoisotopic (exact) mass is 360 g/mol. The largest absolute Gasteiger partial charge is 0.322 e. The van der Waals surface area contributed by atoms with E-state index in [4.69, 9.17) is 0 Å². The molecule has 3 N–H and O–H groups in total. The molecule has 3 aromatic rings. The van der Waals surface area contributed by atoms with Gasteiger partial charge in [0.05, 0.1) is 0 Å². The van der Waals surface area contributed by atoms with Crippen LogP contribution in [-0.4, -0.2) is 22.0 Å². The zero-order valence-corrected chi connectivity index (χ0v) is 15.0. The van der Waals surface area contributed by atoms with Crippen LogP contribution in [0.1, 0.15) is 50.9 Å². The van der Waals surface area contributed by atoms with Crippen LogP contribution >= 0.6 is 0 Å². The molecule has 1 aromatic heterocycles. The highest BCUT2D eigenvalue weighted by molar-refractivity contribution is 6.06. The zero-order valence-electron chi connectivity index (χ0n) is 15.0. The molecule has 0 spiro atoms. The highest BCUT2D eigenvalue weighted by Gasteiger charge is 2.26. The molecule has 1 saturated carbocycles. The standard InChI is InChI=1S/C21H20N4O2/c1-13-7-10-16(22-20(26)15-5-3-2-4-6-15)11-17(13)23-21(27)19-12-18(24-25-19)14-8-9-14/h2-7,10-12,14H,8-9H2,1H3,(H,22,26)(H,23,27)(H,24,25). The predicted molar refractivity (Wildman–Crippen MR) is 104 cm³/mol. The van der Waals surface area contributed by atoms with E-state index < -0.39 is 0 Å². The predicted octanol–water partition coefficient (Wildman–Crippen LogP) is 4.10. The van der Waals surface area contributed by atoms with Crippen molar-refractivity contribution in [3.8, 4) is 0 Å². The Morgan fingerprint density at radius 1 is 1.00 bits per heavy atom. The smallest absolute Gasteiger partial charge is 0.276 e. The average Bonchev–Trinajstić information content (AvgIpc) is 3.41.